The van der Waals surface area contributed by atoms with Gasteiger partial charge >= 0.3 is 0 Å². The highest BCUT2D eigenvalue weighted by Crippen LogP contribution is 2.18. The lowest BCUT2D eigenvalue weighted by Crippen LogP contribution is -2.33. The van der Waals surface area contributed by atoms with Gasteiger partial charge in [0.05, 0.1) is 5.56 Å². The summed E-state index contributed by atoms with van der Waals surface area (Å²) in [5.74, 6) is -0.0397. The van der Waals surface area contributed by atoms with Crippen LogP contribution < -0.4 is 10.2 Å². The first-order chi connectivity index (χ1) is 10.1. The number of rotatable bonds is 5. The largest absolute Gasteiger partial charge is 0.373 e. The summed E-state index contributed by atoms with van der Waals surface area (Å²) < 4.78 is 1.86. The van der Waals surface area contributed by atoms with Crippen molar-refractivity contribution in [2.24, 2.45) is 0 Å². The minimum Gasteiger partial charge on any atom is -0.373 e. The molecule has 0 aliphatic rings. The van der Waals surface area contributed by atoms with Gasteiger partial charge in [-0.15, -0.1) is 0 Å². The molecule has 0 saturated carbocycles. The Kier molecular flexibility index (Phi) is 6.05. The number of likely N-dealkylation sites (N-methyl/N-ethyl adjacent to an activating group) is 1. The fraction of sp³-hybridized carbons (Fsp3) is 0.188. The van der Waals surface area contributed by atoms with E-state index in [0.29, 0.717) is 12.1 Å². The predicted octanol–water partition coefficient (Wildman–Crippen LogP) is 3.92. The Balaban J connectivity index is 1.88. The van der Waals surface area contributed by atoms with E-state index in [1.165, 1.54) is 0 Å². The van der Waals surface area contributed by atoms with E-state index in [2.05, 4.69) is 60.9 Å². The molecule has 1 amide bonds. The van der Waals surface area contributed by atoms with Gasteiger partial charge in [0.2, 0.25) is 0 Å². The van der Waals surface area contributed by atoms with Crippen LogP contribution in [0.1, 0.15) is 10.4 Å². The van der Waals surface area contributed by atoms with E-state index in [4.69, 9.17) is 0 Å². The van der Waals surface area contributed by atoms with Crippen molar-refractivity contribution in [3.05, 3.63) is 62.1 Å². The molecule has 0 aliphatic carbocycles. The highest BCUT2D eigenvalue weighted by molar-refractivity contribution is 14.1. The second kappa shape index (κ2) is 7.79. The first-order valence-electron chi connectivity index (χ1n) is 6.57. The van der Waals surface area contributed by atoms with Crippen molar-refractivity contribution in [2.45, 2.75) is 0 Å². The predicted molar refractivity (Wildman–Crippen MR) is 98.9 cm³/mol. The normalized spacial score (nSPS) is 10.2. The van der Waals surface area contributed by atoms with Crippen LogP contribution in [0.4, 0.5) is 5.69 Å². The van der Waals surface area contributed by atoms with Crippen LogP contribution in [0.3, 0.4) is 0 Å². The topological polar surface area (TPSA) is 32.3 Å². The van der Waals surface area contributed by atoms with Gasteiger partial charge in [-0.05, 0) is 52.9 Å². The molecule has 0 unspecified atom stereocenters. The van der Waals surface area contributed by atoms with Crippen LogP contribution in [0, 0.1) is 3.57 Å². The molecule has 0 aliphatic heterocycles. The second-order valence-corrected chi connectivity index (χ2v) is 6.72. The van der Waals surface area contributed by atoms with E-state index in [0.717, 1.165) is 20.3 Å². The Bertz CT molecular complexity index is 619. The highest BCUT2D eigenvalue weighted by Gasteiger charge is 2.10. The second-order valence-electron chi connectivity index (χ2n) is 4.64. The Morgan fingerprint density at radius 3 is 2.67 bits per heavy atom. The number of hydrogen-bond donors (Lipinski definition) is 1. The molecule has 3 nitrogen and oxygen atoms in total. The number of benzene rings is 2. The third kappa shape index (κ3) is 4.71. The molecule has 2 aromatic rings. The van der Waals surface area contributed by atoms with Crippen molar-refractivity contribution in [3.8, 4) is 0 Å². The number of anilines is 1. The minimum absolute atomic E-state index is 0.0397. The van der Waals surface area contributed by atoms with Crippen LogP contribution in [-0.4, -0.2) is 26.0 Å². The average Bonchev–Trinajstić information content (AvgIpc) is 2.50. The molecular weight excluding hydrogens is 443 g/mol. The summed E-state index contributed by atoms with van der Waals surface area (Å²) in [6, 6.07) is 15.8. The van der Waals surface area contributed by atoms with Crippen molar-refractivity contribution in [1.82, 2.24) is 5.32 Å². The van der Waals surface area contributed by atoms with Crippen LogP contribution >= 0.6 is 38.5 Å². The number of nitrogens with zero attached hydrogens (tertiary/aromatic N) is 1. The molecular formula is C16H16BrIN2O. The first kappa shape index (κ1) is 16.3. The van der Waals surface area contributed by atoms with Gasteiger partial charge in [0.1, 0.15) is 0 Å². The molecule has 2 aromatic carbocycles. The van der Waals surface area contributed by atoms with Crippen LogP contribution in [0.15, 0.2) is 53.0 Å². The molecule has 110 valence electrons. The highest BCUT2D eigenvalue weighted by atomic mass is 127. The van der Waals surface area contributed by atoms with Crippen LogP contribution in [0.2, 0.25) is 0 Å². The van der Waals surface area contributed by atoms with Crippen LogP contribution in [0.25, 0.3) is 0 Å². The summed E-state index contributed by atoms with van der Waals surface area (Å²) in [6.07, 6.45) is 0. The molecule has 1 N–H and O–H groups in total. The molecule has 2 rings (SSSR count). The average molecular weight is 459 g/mol. The molecule has 0 atom stereocenters. The number of halogens is 2. The Morgan fingerprint density at radius 1 is 1.24 bits per heavy atom. The number of carbonyl (C=O) groups is 1. The zero-order chi connectivity index (χ0) is 15.2. The Hall–Kier alpha value is -1.08. The Labute approximate surface area is 147 Å². The summed E-state index contributed by atoms with van der Waals surface area (Å²) in [5, 5.41) is 2.96. The zero-order valence-corrected chi connectivity index (χ0v) is 15.4. The van der Waals surface area contributed by atoms with E-state index >= 15 is 0 Å². The van der Waals surface area contributed by atoms with E-state index in [1.54, 1.807) is 0 Å². The fourth-order valence-corrected chi connectivity index (χ4v) is 2.86. The van der Waals surface area contributed by atoms with Crippen LogP contribution in [0.5, 0.6) is 0 Å². The Morgan fingerprint density at radius 2 is 1.95 bits per heavy atom. The molecule has 0 aromatic heterocycles. The number of carbonyl (C=O) groups excluding carboxylic acids is 1. The fourth-order valence-electron chi connectivity index (χ4n) is 1.92. The molecule has 0 fully saturated rings. The number of para-hydroxylation sites is 1. The summed E-state index contributed by atoms with van der Waals surface area (Å²) in [4.78, 5) is 14.3. The molecule has 0 saturated heterocycles. The third-order valence-corrected chi connectivity index (χ3v) is 4.54. The first-order valence-corrected chi connectivity index (χ1v) is 8.44. The minimum atomic E-state index is -0.0397. The molecule has 0 bridgehead atoms. The third-order valence-electron chi connectivity index (χ3n) is 3.10. The maximum atomic E-state index is 12.2. The van der Waals surface area contributed by atoms with Gasteiger partial charge in [0, 0.05) is 33.9 Å². The number of nitrogens with one attached hydrogen (secondary N) is 1. The molecule has 0 radical (unpaired) electrons. The monoisotopic (exact) mass is 458 g/mol. The van der Waals surface area contributed by atoms with Gasteiger partial charge in [-0.2, -0.15) is 0 Å². The maximum Gasteiger partial charge on any atom is 0.252 e. The van der Waals surface area contributed by atoms with E-state index in [9.17, 15) is 4.79 Å². The van der Waals surface area contributed by atoms with E-state index in [1.807, 2.05) is 43.4 Å². The van der Waals surface area contributed by atoms with E-state index < -0.39 is 0 Å². The smallest absolute Gasteiger partial charge is 0.252 e. The lowest BCUT2D eigenvalue weighted by atomic mass is 10.2. The summed E-state index contributed by atoms with van der Waals surface area (Å²) in [7, 11) is 2.02. The maximum absolute atomic E-state index is 12.2. The van der Waals surface area contributed by atoms with Crippen molar-refractivity contribution in [2.75, 3.05) is 25.0 Å². The zero-order valence-electron chi connectivity index (χ0n) is 11.6. The van der Waals surface area contributed by atoms with Crippen LogP contribution in [-0.2, 0) is 0 Å². The lowest BCUT2D eigenvalue weighted by molar-refractivity contribution is 0.0954. The molecule has 0 spiro atoms. The number of hydrogen-bond acceptors (Lipinski definition) is 2. The summed E-state index contributed by atoms with van der Waals surface area (Å²) >= 11 is 5.57. The molecule has 0 heterocycles. The van der Waals surface area contributed by atoms with Crippen molar-refractivity contribution in [1.29, 1.82) is 0 Å². The molecule has 5 heteroatoms. The summed E-state index contributed by atoms with van der Waals surface area (Å²) in [6.45, 7) is 1.37. The van der Waals surface area contributed by atoms with Gasteiger partial charge in [-0.3, -0.25) is 4.79 Å². The van der Waals surface area contributed by atoms with Gasteiger partial charge in [0.15, 0.2) is 0 Å². The standard InChI is InChI=1S/C16H16BrIN2O/c1-20(13-5-3-2-4-6-13)10-9-19-16(21)14-11-12(17)7-8-15(14)18/h2-8,11H,9-10H2,1H3,(H,19,21). The van der Waals surface area contributed by atoms with Gasteiger partial charge in [0.25, 0.3) is 5.91 Å². The quantitative estimate of drug-likeness (QED) is 0.688. The molecule has 21 heavy (non-hydrogen) atoms. The van der Waals surface area contributed by atoms with Crippen molar-refractivity contribution in [3.63, 3.8) is 0 Å². The van der Waals surface area contributed by atoms with Crippen molar-refractivity contribution >= 4 is 50.1 Å². The van der Waals surface area contributed by atoms with Gasteiger partial charge in [-0.1, -0.05) is 34.1 Å². The van der Waals surface area contributed by atoms with E-state index in [-0.39, 0.29) is 5.91 Å². The lowest BCUT2D eigenvalue weighted by Gasteiger charge is -2.19. The SMILES string of the molecule is CN(CCNC(=O)c1cc(Br)ccc1I)c1ccccc1. The van der Waals surface area contributed by atoms with Gasteiger partial charge < -0.3 is 10.2 Å². The van der Waals surface area contributed by atoms with Gasteiger partial charge in [-0.25, -0.2) is 0 Å². The summed E-state index contributed by atoms with van der Waals surface area (Å²) in [5.41, 5.74) is 1.84. The number of amides is 1. The van der Waals surface area contributed by atoms with Crippen molar-refractivity contribution < 1.29 is 4.79 Å².